The molecule has 0 aliphatic heterocycles. The number of aromatic nitrogens is 1. The van der Waals surface area contributed by atoms with Gasteiger partial charge in [-0.25, -0.2) is 26.6 Å². The number of thiazole rings is 1. The normalized spacial score (nSPS) is 15.2. The Bertz CT molecular complexity index is 1180. The SMILES string of the molecule is O=S(=O)(Nc1cscn1)c1cc(Cl)c(NC2(c3ccc(F)c(F)c3)CC2)cc1F. The molecule has 1 aromatic heterocycles. The molecule has 0 spiro atoms. The number of nitrogens with zero attached hydrogens (tertiary/aromatic N) is 1. The zero-order chi connectivity index (χ0) is 20.8. The van der Waals surface area contributed by atoms with E-state index in [9.17, 15) is 21.6 Å². The summed E-state index contributed by atoms with van der Waals surface area (Å²) in [6.07, 6.45) is 1.20. The lowest BCUT2D eigenvalue weighted by molar-refractivity contribution is 0.505. The van der Waals surface area contributed by atoms with E-state index in [4.69, 9.17) is 11.6 Å². The Morgan fingerprint density at radius 1 is 1.07 bits per heavy atom. The van der Waals surface area contributed by atoms with Crippen molar-refractivity contribution < 1.29 is 21.6 Å². The van der Waals surface area contributed by atoms with Crippen LogP contribution in [0.5, 0.6) is 0 Å². The van der Waals surface area contributed by atoms with E-state index in [1.165, 1.54) is 28.3 Å². The number of benzene rings is 2. The van der Waals surface area contributed by atoms with Crippen LogP contribution in [0.1, 0.15) is 18.4 Å². The van der Waals surface area contributed by atoms with Gasteiger partial charge in [0.15, 0.2) is 17.5 Å². The van der Waals surface area contributed by atoms with Crippen LogP contribution in [0.15, 0.2) is 46.1 Å². The monoisotopic (exact) mass is 459 g/mol. The van der Waals surface area contributed by atoms with E-state index in [2.05, 4.69) is 15.0 Å². The summed E-state index contributed by atoms with van der Waals surface area (Å²) >= 11 is 7.38. The Labute approximate surface area is 173 Å². The summed E-state index contributed by atoms with van der Waals surface area (Å²) in [7, 11) is -4.23. The summed E-state index contributed by atoms with van der Waals surface area (Å²) < 4.78 is 68.5. The highest BCUT2D eigenvalue weighted by Crippen LogP contribution is 2.49. The molecule has 1 aliphatic carbocycles. The molecule has 1 aliphatic rings. The number of anilines is 2. The van der Waals surface area contributed by atoms with Gasteiger partial charge in [-0.15, -0.1) is 11.3 Å². The number of hydrogen-bond acceptors (Lipinski definition) is 5. The first-order valence-electron chi connectivity index (χ1n) is 8.34. The predicted octanol–water partition coefficient (Wildman–Crippen LogP) is 5.12. The zero-order valence-electron chi connectivity index (χ0n) is 14.5. The van der Waals surface area contributed by atoms with Gasteiger partial charge < -0.3 is 5.32 Å². The Morgan fingerprint density at radius 3 is 2.45 bits per heavy atom. The summed E-state index contributed by atoms with van der Waals surface area (Å²) in [5.41, 5.74) is 1.36. The van der Waals surface area contributed by atoms with Gasteiger partial charge in [0.25, 0.3) is 10.0 Å². The maximum absolute atomic E-state index is 14.6. The lowest BCUT2D eigenvalue weighted by Crippen LogP contribution is -2.20. The Balaban J connectivity index is 1.63. The van der Waals surface area contributed by atoms with Crippen molar-refractivity contribution in [3.63, 3.8) is 0 Å². The second-order valence-corrected chi connectivity index (χ2v) is 9.35. The molecule has 11 heteroatoms. The molecule has 29 heavy (non-hydrogen) atoms. The highest BCUT2D eigenvalue weighted by atomic mass is 35.5. The van der Waals surface area contributed by atoms with Crippen molar-refractivity contribution in [2.45, 2.75) is 23.3 Å². The zero-order valence-corrected chi connectivity index (χ0v) is 16.9. The first-order valence-corrected chi connectivity index (χ1v) is 11.1. The van der Waals surface area contributed by atoms with Gasteiger partial charge in [-0.1, -0.05) is 17.7 Å². The van der Waals surface area contributed by atoms with Crippen molar-refractivity contribution in [3.8, 4) is 0 Å². The summed E-state index contributed by atoms with van der Waals surface area (Å²) in [5, 5.41) is 4.47. The standard InChI is InChI=1S/C18H13ClF3N3O2S2/c19-11-6-16(29(26,27)25-17-8-28-9-23-17)14(22)7-15(11)24-18(3-4-18)10-1-2-12(20)13(21)5-10/h1-2,5-9,24-25H,3-4H2. The highest BCUT2D eigenvalue weighted by molar-refractivity contribution is 7.92. The molecule has 5 nitrogen and oxygen atoms in total. The molecule has 1 fully saturated rings. The molecule has 0 atom stereocenters. The Morgan fingerprint density at radius 2 is 1.83 bits per heavy atom. The molecule has 0 bridgehead atoms. The lowest BCUT2D eigenvalue weighted by Gasteiger charge is -2.21. The molecular formula is C18H13ClF3N3O2S2. The first kappa shape index (κ1) is 20.0. The van der Waals surface area contributed by atoms with Gasteiger partial charge in [-0.3, -0.25) is 4.72 Å². The molecule has 1 heterocycles. The van der Waals surface area contributed by atoms with E-state index >= 15 is 0 Å². The second kappa shape index (κ2) is 7.19. The maximum atomic E-state index is 14.6. The summed E-state index contributed by atoms with van der Waals surface area (Å²) in [4.78, 5) is 3.18. The number of nitrogens with one attached hydrogen (secondary N) is 2. The molecule has 3 aromatic rings. The first-order chi connectivity index (χ1) is 13.7. The molecule has 152 valence electrons. The van der Waals surface area contributed by atoms with Crippen molar-refractivity contribution in [2.75, 3.05) is 10.0 Å². The fraction of sp³-hybridized carbons (Fsp3) is 0.167. The predicted molar refractivity (Wildman–Crippen MR) is 105 cm³/mol. The van der Waals surface area contributed by atoms with Crippen LogP contribution in [0.25, 0.3) is 0 Å². The number of rotatable bonds is 6. The largest absolute Gasteiger partial charge is 0.374 e. The maximum Gasteiger partial charge on any atom is 0.266 e. The van der Waals surface area contributed by atoms with Gasteiger partial charge in [0.2, 0.25) is 0 Å². The van der Waals surface area contributed by atoms with Crippen LogP contribution in [0, 0.1) is 17.5 Å². The van der Waals surface area contributed by atoms with Crippen LogP contribution in [-0.2, 0) is 15.6 Å². The van der Waals surface area contributed by atoms with E-state index < -0.39 is 37.9 Å². The minimum absolute atomic E-state index is 0.0288. The highest BCUT2D eigenvalue weighted by Gasteiger charge is 2.45. The number of sulfonamides is 1. The minimum Gasteiger partial charge on any atom is -0.374 e. The molecular weight excluding hydrogens is 447 g/mol. The molecule has 0 radical (unpaired) electrons. The second-order valence-electron chi connectivity index (χ2n) is 6.58. The van der Waals surface area contributed by atoms with Crippen molar-refractivity contribution in [3.05, 3.63) is 69.3 Å². The summed E-state index contributed by atoms with van der Waals surface area (Å²) in [6, 6.07) is 5.51. The van der Waals surface area contributed by atoms with Gasteiger partial charge in [-0.05, 0) is 42.7 Å². The summed E-state index contributed by atoms with van der Waals surface area (Å²) in [5.74, 6) is -2.89. The Kier molecular flexibility index (Phi) is 4.96. The molecule has 1 saturated carbocycles. The smallest absolute Gasteiger partial charge is 0.266 e. The van der Waals surface area contributed by atoms with E-state index in [-0.39, 0.29) is 16.5 Å². The van der Waals surface area contributed by atoms with Crippen LogP contribution in [0.2, 0.25) is 5.02 Å². The van der Waals surface area contributed by atoms with E-state index in [1.807, 2.05) is 0 Å². The summed E-state index contributed by atoms with van der Waals surface area (Å²) in [6.45, 7) is 0. The molecule has 4 rings (SSSR count). The van der Waals surface area contributed by atoms with Crippen molar-refractivity contribution in [2.24, 2.45) is 0 Å². The number of halogens is 4. The molecule has 0 amide bonds. The average molecular weight is 460 g/mol. The van der Waals surface area contributed by atoms with Crippen LogP contribution < -0.4 is 10.0 Å². The van der Waals surface area contributed by atoms with Crippen molar-refractivity contribution in [1.82, 2.24) is 4.98 Å². The van der Waals surface area contributed by atoms with Gasteiger partial charge in [-0.2, -0.15) is 0 Å². The third kappa shape index (κ3) is 3.92. The minimum atomic E-state index is -4.23. The van der Waals surface area contributed by atoms with Gasteiger partial charge in [0, 0.05) is 5.38 Å². The fourth-order valence-electron chi connectivity index (χ4n) is 2.95. The molecule has 2 N–H and O–H groups in total. The van der Waals surface area contributed by atoms with Crippen LogP contribution in [0.3, 0.4) is 0 Å². The average Bonchev–Trinajstić information content (AvgIpc) is 3.26. The molecule has 0 unspecified atom stereocenters. The van der Waals surface area contributed by atoms with E-state index in [1.54, 1.807) is 0 Å². The van der Waals surface area contributed by atoms with Crippen molar-refractivity contribution >= 4 is 44.5 Å². The van der Waals surface area contributed by atoms with Gasteiger partial charge in [0.05, 0.1) is 21.8 Å². The van der Waals surface area contributed by atoms with Crippen LogP contribution >= 0.6 is 22.9 Å². The lowest BCUT2D eigenvalue weighted by atomic mass is 10.0. The van der Waals surface area contributed by atoms with E-state index in [0.29, 0.717) is 18.4 Å². The topological polar surface area (TPSA) is 71.1 Å². The van der Waals surface area contributed by atoms with Gasteiger partial charge >= 0.3 is 0 Å². The molecule has 2 aromatic carbocycles. The van der Waals surface area contributed by atoms with Gasteiger partial charge in [0.1, 0.15) is 10.7 Å². The van der Waals surface area contributed by atoms with Crippen LogP contribution in [0.4, 0.5) is 24.7 Å². The third-order valence-electron chi connectivity index (χ3n) is 4.58. The molecule has 0 saturated heterocycles. The van der Waals surface area contributed by atoms with E-state index in [0.717, 1.165) is 24.3 Å². The quantitative estimate of drug-likeness (QED) is 0.537. The number of hydrogen-bond donors (Lipinski definition) is 2. The van der Waals surface area contributed by atoms with Crippen LogP contribution in [-0.4, -0.2) is 13.4 Å². The van der Waals surface area contributed by atoms with Crippen molar-refractivity contribution in [1.29, 1.82) is 0 Å². The third-order valence-corrected chi connectivity index (χ3v) is 6.85. The fourth-order valence-corrected chi connectivity index (χ4v) is 4.87. The Hall–Kier alpha value is -2.30.